The second-order valence-corrected chi connectivity index (χ2v) is 22.5. The number of ether oxygens (including phenoxy) is 6. The van der Waals surface area contributed by atoms with Gasteiger partial charge in [-0.15, -0.1) is 0 Å². The van der Waals surface area contributed by atoms with Crippen molar-refractivity contribution in [2.45, 2.75) is 330 Å². The number of carbonyl (C=O) groups excluding carboxylic acids is 1. The van der Waals surface area contributed by atoms with Gasteiger partial charge in [0.05, 0.1) is 38.6 Å². The van der Waals surface area contributed by atoms with E-state index in [-0.39, 0.29) is 18.9 Å². The third kappa shape index (κ3) is 26.8. The molecule has 0 spiro atoms. The Hall–Kier alpha value is -1.47. The van der Waals surface area contributed by atoms with Crippen LogP contribution in [-0.2, 0) is 33.2 Å². The number of rotatable bonds is 46. The molecule has 0 bridgehead atoms. The molecule has 3 aliphatic rings. The van der Waals surface area contributed by atoms with Gasteiger partial charge in [-0.2, -0.15) is 0 Å². The largest absolute Gasteiger partial charge is 0.394 e. The van der Waals surface area contributed by atoms with E-state index in [2.05, 4.69) is 12.2 Å². The van der Waals surface area contributed by atoms with Crippen molar-refractivity contribution < 1.29 is 89.4 Å². The Kier molecular flexibility index (Phi) is 39.2. The van der Waals surface area contributed by atoms with E-state index in [9.17, 15) is 61.0 Å². The summed E-state index contributed by atoms with van der Waals surface area (Å²) < 4.78 is 34.0. The van der Waals surface area contributed by atoms with Crippen LogP contribution in [0.25, 0.3) is 0 Å². The number of aliphatic hydroxyl groups is 11. The van der Waals surface area contributed by atoms with E-state index in [1.807, 2.05) is 6.92 Å². The van der Waals surface area contributed by atoms with E-state index >= 15 is 0 Å². The first-order chi connectivity index (χ1) is 37.8. The highest BCUT2D eigenvalue weighted by Gasteiger charge is 2.53. The number of hydrogen-bond acceptors (Lipinski definition) is 18. The molecule has 12 N–H and O–H groups in total. The standard InChI is InChI=1S/C59H111NO18/c1-3-5-7-8-9-10-11-12-13-14-15-16-17-18-19-20-21-22-23-24-25-26-27-28-29-30-31-32-33-35-37-47(65)60-42(43(64)36-34-6-4-2)41-73-57-53(71)50(68)55(45(39-62)75-57)78-59-54(72)51(69)56(46(40-63)76-59)77-58-52(70)49(67)48(66)44(38-61)74-58/h34,36,42-46,48-59,61-64,66-72H,3-33,35,37-41H2,1-2H3,(H,60,65)/b36-34+. The number of amides is 1. The fourth-order valence-corrected chi connectivity index (χ4v) is 10.7. The molecule has 19 nitrogen and oxygen atoms in total. The maximum absolute atomic E-state index is 13.1. The highest BCUT2D eigenvalue weighted by Crippen LogP contribution is 2.33. The lowest BCUT2D eigenvalue weighted by Gasteiger charge is -2.48. The van der Waals surface area contributed by atoms with Crippen LogP contribution < -0.4 is 5.32 Å². The summed E-state index contributed by atoms with van der Waals surface area (Å²) in [5.74, 6) is -0.283. The Morgan fingerprint density at radius 2 is 0.795 bits per heavy atom. The van der Waals surface area contributed by atoms with Crippen molar-refractivity contribution in [1.29, 1.82) is 0 Å². The highest BCUT2D eigenvalue weighted by atomic mass is 16.8. The molecule has 3 rings (SSSR count). The molecule has 0 aromatic carbocycles. The maximum Gasteiger partial charge on any atom is 0.220 e. The van der Waals surface area contributed by atoms with E-state index in [0.717, 1.165) is 25.7 Å². The van der Waals surface area contributed by atoms with Crippen LogP contribution in [0.3, 0.4) is 0 Å². The van der Waals surface area contributed by atoms with Gasteiger partial charge in [-0.3, -0.25) is 4.79 Å². The summed E-state index contributed by atoms with van der Waals surface area (Å²) in [4.78, 5) is 13.1. The molecule has 17 unspecified atom stereocenters. The van der Waals surface area contributed by atoms with Crippen LogP contribution in [0.1, 0.15) is 226 Å². The molecule has 3 heterocycles. The molecule has 3 saturated heterocycles. The van der Waals surface area contributed by atoms with Crippen molar-refractivity contribution in [3.8, 4) is 0 Å². The van der Waals surface area contributed by atoms with Gasteiger partial charge < -0.3 is 89.9 Å². The summed E-state index contributed by atoms with van der Waals surface area (Å²) in [6.07, 6.45) is 17.9. The van der Waals surface area contributed by atoms with Crippen LogP contribution in [0.5, 0.6) is 0 Å². The summed E-state index contributed by atoms with van der Waals surface area (Å²) >= 11 is 0. The van der Waals surface area contributed by atoms with E-state index in [1.165, 1.54) is 167 Å². The molecular weight excluding hydrogens is 1010 g/mol. The summed E-state index contributed by atoms with van der Waals surface area (Å²) in [6.45, 7) is 1.50. The maximum atomic E-state index is 13.1. The van der Waals surface area contributed by atoms with Crippen molar-refractivity contribution >= 4 is 5.91 Å². The number of allylic oxidation sites excluding steroid dienone is 1. The average Bonchev–Trinajstić information content (AvgIpc) is 3.49. The monoisotopic (exact) mass is 1120 g/mol. The van der Waals surface area contributed by atoms with Crippen LogP contribution in [0, 0.1) is 0 Å². The van der Waals surface area contributed by atoms with Crippen molar-refractivity contribution in [2.75, 3.05) is 26.4 Å². The zero-order chi connectivity index (χ0) is 56.9. The Labute approximate surface area is 467 Å². The van der Waals surface area contributed by atoms with Crippen LogP contribution >= 0.6 is 0 Å². The SMILES string of the molecule is CCC/C=C/C(O)C(COC1OC(CO)C(OC2OC(CO)C(OC3OC(CO)C(O)C(O)C3O)C(O)C2O)C(O)C1O)NC(=O)CCCCCCCCCCCCCCCCCCCCCCCCCCCCCCCC. The number of carbonyl (C=O) groups is 1. The van der Waals surface area contributed by atoms with E-state index in [1.54, 1.807) is 12.2 Å². The van der Waals surface area contributed by atoms with Gasteiger partial charge in [0, 0.05) is 6.42 Å². The third-order valence-electron chi connectivity index (χ3n) is 15.8. The minimum absolute atomic E-state index is 0.246. The first kappa shape index (κ1) is 70.8. The lowest BCUT2D eigenvalue weighted by atomic mass is 9.96. The van der Waals surface area contributed by atoms with Gasteiger partial charge in [0.25, 0.3) is 0 Å². The zero-order valence-corrected chi connectivity index (χ0v) is 47.9. The van der Waals surface area contributed by atoms with E-state index < -0.39 is 124 Å². The van der Waals surface area contributed by atoms with Gasteiger partial charge in [0.2, 0.25) is 5.91 Å². The molecule has 460 valence electrons. The number of hydrogen-bond donors (Lipinski definition) is 12. The van der Waals surface area contributed by atoms with Gasteiger partial charge >= 0.3 is 0 Å². The smallest absolute Gasteiger partial charge is 0.220 e. The molecule has 78 heavy (non-hydrogen) atoms. The molecular formula is C59H111NO18. The number of nitrogens with one attached hydrogen (secondary N) is 1. The second-order valence-electron chi connectivity index (χ2n) is 22.5. The molecule has 3 fully saturated rings. The van der Waals surface area contributed by atoms with Crippen molar-refractivity contribution in [2.24, 2.45) is 0 Å². The van der Waals surface area contributed by atoms with Crippen LogP contribution in [0.4, 0.5) is 0 Å². The normalized spacial score (nSPS) is 30.5. The van der Waals surface area contributed by atoms with E-state index in [4.69, 9.17) is 28.4 Å². The molecule has 0 aliphatic carbocycles. The number of unbranched alkanes of at least 4 members (excludes halogenated alkanes) is 30. The first-order valence-corrected chi connectivity index (χ1v) is 30.9. The van der Waals surface area contributed by atoms with Crippen molar-refractivity contribution in [3.63, 3.8) is 0 Å². The summed E-state index contributed by atoms with van der Waals surface area (Å²) in [5, 5.41) is 119. The molecule has 19 heteroatoms. The summed E-state index contributed by atoms with van der Waals surface area (Å²) in [6, 6.07) is -0.963. The lowest BCUT2D eigenvalue weighted by molar-refractivity contribution is -0.379. The van der Waals surface area contributed by atoms with Gasteiger partial charge in [-0.1, -0.05) is 219 Å². The first-order valence-electron chi connectivity index (χ1n) is 30.9. The molecule has 17 atom stereocenters. The number of aliphatic hydroxyl groups excluding tert-OH is 11. The quantitative estimate of drug-likeness (QED) is 0.0254. The average molecular weight is 1120 g/mol. The van der Waals surface area contributed by atoms with Gasteiger partial charge in [-0.25, -0.2) is 0 Å². The molecule has 0 aromatic rings. The van der Waals surface area contributed by atoms with Gasteiger partial charge in [0.15, 0.2) is 18.9 Å². The topological polar surface area (TPSA) is 307 Å². The third-order valence-corrected chi connectivity index (χ3v) is 15.8. The van der Waals surface area contributed by atoms with E-state index in [0.29, 0.717) is 12.8 Å². The predicted octanol–water partition coefficient (Wildman–Crippen LogP) is 5.77. The Balaban J connectivity index is 1.27. The summed E-state index contributed by atoms with van der Waals surface area (Å²) in [5.41, 5.74) is 0. The van der Waals surface area contributed by atoms with Crippen LogP contribution in [0.15, 0.2) is 12.2 Å². The Morgan fingerprint density at radius 1 is 0.449 bits per heavy atom. The minimum Gasteiger partial charge on any atom is -0.394 e. The molecule has 0 saturated carbocycles. The molecule has 0 aromatic heterocycles. The molecule has 1 amide bonds. The van der Waals surface area contributed by atoms with Crippen molar-refractivity contribution in [1.82, 2.24) is 5.32 Å². The van der Waals surface area contributed by atoms with Crippen molar-refractivity contribution in [3.05, 3.63) is 12.2 Å². The second kappa shape index (κ2) is 43.2. The fraction of sp³-hybridized carbons (Fsp3) is 0.949. The lowest BCUT2D eigenvalue weighted by Crippen LogP contribution is -2.66. The minimum atomic E-state index is -1.97. The Morgan fingerprint density at radius 3 is 1.18 bits per heavy atom. The molecule has 3 aliphatic heterocycles. The molecule has 0 radical (unpaired) electrons. The van der Waals surface area contributed by atoms with Gasteiger partial charge in [-0.05, 0) is 12.8 Å². The predicted molar refractivity (Wildman–Crippen MR) is 296 cm³/mol. The zero-order valence-electron chi connectivity index (χ0n) is 47.9. The summed E-state index contributed by atoms with van der Waals surface area (Å²) in [7, 11) is 0. The highest BCUT2D eigenvalue weighted by molar-refractivity contribution is 5.76. The van der Waals surface area contributed by atoms with Crippen LogP contribution in [0.2, 0.25) is 0 Å². The fourth-order valence-electron chi connectivity index (χ4n) is 10.7. The Bertz CT molecular complexity index is 1480. The van der Waals surface area contributed by atoms with Gasteiger partial charge in [0.1, 0.15) is 73.2 Å². The van der Waals surface area contributed by atoms with Crippen LogP contribution in [-0.4, -0.2) is 193 Å².